The Kier molecular flexibility index (Phi) is 2.90. The van der Waals surface area contributed by atoms with Crippen LogP contribution in [0, 0.1) is 5.92 Å². The molecule has 1 saturated heterocycles. The van der Waals surface area contributed by atoms with Crippen LogP contribution >= 0.6 is 0 Å². The minimum absolute atomic E-state index is 0.198. The predicted molar refractivity (Wildman–Crippen MR) is 43.3 cm³/mol. The van der Waals surface area contributed by atoms with Crippen LogP contribution in [0.1, 0.15) is 13.3 Å². The van der Waals surface area contributed by atoms with Crippen molar-refractivity contribution in [3.8, 4) is 0 Å². The van der Waals surface area contributed by atoms with Crippen molar-refractivity contribution in [1.29, 1.82) is 0 Å². The van der Waals surface area contributed by atoms with E-state index >= 15 is 0 Å². The second kappa shape index (κ2) is 3.54. The van der Waals surface area contributed by atoms with Gasteiger partial charge in [0, 0.05) is 0 Å². The Morgan fingerprint density at radius 2 is 2.27 bits per heavy atom. The lowest BCUT2D eigenvalue weighted by Gasteiger charge is -2.08. The molecule has 1 fully saturated rings. The van der Waals surface area contributed by atoms with Gasteiger partial charge in [0.05, 0.1) is 24.7 Å². The predicted octanol–water partition coefficient (Wildman–Crippen LogP) is 0.458. The molecule has 4 heteroatoms. The summed E-state index contributed by atoms with van der Waals surface area (Å²) in [5.41, 5.74) is 0. The first kappa shape index (κ1) is 9.00. The van der Waals surface area contributed by atoms with E-state index in [2.05, 4.69) is 0 Å². The molecule has 1 unspecified atom stereocenters. The third-order valence-corrected chi connectivity index (χ3v) is 3.73. The highest BCUT2D eigenvalue weighted by Crippen LogP contribution is 2.11. The number of hydrogen-bond acceptors (Lipinski definition) is 3. The number of sulfone groups is 1. The second-order valence-corrected chi connectivity index (χ2v) is 5.19. The maximum absolute atomic E-state index is 11.2. The van der Waals surface area contributed by atoms with E-state index in [1.165, 1.54) is 0 Å². The fraction of sp³-hybridized carbons (Fsp3) is 1.00. The molecule has 0 spiro atoms. The quantitative estimate of drug-likeness (QED) is 0.586. The molecule has 1 aliphatic rings. The average Bonchev–Trinajstić information content (AvgIpc) is 2.10. The molecular formula is C7H14O3S. The van der Waals surface area contributed by atoms with Gasteiger partial charge in [-0.3, -0.25) is 0 Å². The van der Waals surface area contributed by atoms with Gasteiger partial charge in [-0.15, -0.1) is 0 Å². The molecule has 0 aromatic heterocycles. The maximum Gasteiger partial charge on any atom is 0.152 e. The average molecular weight is 178 g/mol. The molecule has 0 aromatic rings. The van der Waals surface area contributed by atoms with Crippen molar-refractivity contribution in [2.75, 3.05) is 24.7 Å². The minimum atomic E-state index is -2.81. The van der Waals surface area contributed by atoms with E-state index < -0.39 is 9.84 Å². The molecular weight excluding hydrogens is 164 g/mol. The lowest BCUT2D eigenvalue weighted by atomic mass is 10.1. The van der Waals surface area contributed by atoms with Crippen molar-refractivity contribution in [3.05, 3.63) is 0 Å². The van der Waals surface area contributed by atoms with Crippen molar-refractivity contribution in [3.63, 3.8) is 0 Å². The Morgan fingerprint density at radius 3 is 2.91 bits per heavy atom. The summed E-state index contributed by atoms with van der Waals surface area (Å²) in [6.45, 7) is 2.98. The third-order valence-electron chi connectivity index (χ3n) is 1.96. The smallest absolute Gasteiger partial charge is 0.152 e. The first-order chi connectivity index (χ1) is 5.14. The summed E-state index contributed by atoms with van der Waals surface area (Å²) in [6, 6.07) is 0. The first-order valence-electron chi connectivity index (χ1n) is 3.92. The van der Waals surface area contributed by atoms with Gasteiger partial charge in [-0.05, 0) is 5.92 Å². The van der Waals surface area contributed by atoms with E-state index in [1.54, 1.807) is 0 Å². The second-order valence-electron chi connectivity index (χ2n) is 2.96. The zero-order valence-corrected chi connectivity index (χ0v) is 7.56. The third kappa shape index (κ3) is 2.79. The van der Waals surface area contributed by atoms with Crippen LogP contribution in [0.3, 0.4) is 0 Å². The molecule has 0 amide bonds. The van der Waals surface area contributed by atoms with Gasteiger partial charge in [-0.1, -0.05) is 13.3 Å². The van der Waals surface area contributed by atoms with E-state index in [1.807, 2.05) is 6.92 Å². The van der Waals surface area contributed by atoms with Crippen LogP contribution in [-0.4, -0.2) is 33.1 Å². The highest BCUT2D eigenvalue weighted by Gasteiger charge is 2.21. The topological polar surface area (TPSA) is 43.4 Å². The van der Waals surface area contributed by atoms with Crippen molar-refractivity contribution in [1.82, 2.24) is 0 Å². The zero-order chi connectivity index (χ0) is 8.32. The number of ether oxygens (including phenoxy) is 1. The van der Waals surface area contributed by atoms with Gasteiger partial charge in [0.1, 0.15) is 0 Å². The summed E-state index contributed by atoms with van der Waals surface area (Å²) in [7, 11) is -2.81. The summed E-state index contributed by atoms with van der Waals surface area (Å²) in [6.07, 6.45) is 0.888. The Labute approximate surface area is 67.7 Å². The van der Waals surface area contributed by atoms with Crippen LogP contribution in [0.5, 0.6) is 0 Å². The molecule has 0 bridgehead atoms. The molecule has 1 atom stereocenters. The molecule has 3 nitrogen and oxygen atoms in total. The number of hydrogen-bond donors (Lipinski definition) is 0. The monoisotopic (exact) mass is 178 g/mol. The lowest BCUT2D eigenvalue weighted by Crippen LogP contribution is -2.17. The molecule has 0 radical (unpaired) electrons. The summed E-state index contributed by atoms with van der Waals surface area (Å²) in [4.78, 5) is 0. The van der Waals surface area contributed by atoms with E-state index in [4.69, 9.17) is 4.74 Å². The van der Waals surface area contributed by atoms with Crippen LogP contribution < -0.4 is 0 Å². The highest BCUT2D eigenvalue weighted by molar-refractivity contribution is 7.91. The van der Waals surface area contributed by atoms with Crippen LogP contribution in [0.4, 0.5) is 0 Å². The van der Waals surface area contributed by atoms with Crippen molar-refractivity contribution in [2.45, 2.75) is 13.3 Å². The van der Waals surface area contributed by atoms with Gasteiger partial charge in [0.15, 0.2) is 9.84 Å². The fourth-order valence-corrected chi connectivity index (χ4v) is 2.75. The fourth-order valence-electron chi connectivity index (χ4n) is 1.16. The van der Waals surface area contributed by atoms with E-state index in [-0.39, 0.29) is 11.7 Å². The standard InChI is InChI=1S/C7H14O3S/c1-2-7-5-10-3-4-11(8,9)6-7/h7H,2-6H2,1H3. The summed E-state index contributed by atoms with van der Waals surface area (Å²) in [5.74, 6) is 0.718. The van der Waals surface area contributed by atoms with Crippen LogP contribution in [-0.2, 0) is 14.6 Å². The van der Waals surface area contributed by atoms with Crippen molar-refractivity contribution in [2.24, 2.45) is 5.92 Å². The lowest BCUT2D eigenvalue weighted by molar-refractivity contribution is 0.122. The molecule has 1 heterocycles. The summed E-state index contributed by atoms with van der Waals surface area (Å²) < 4.78 is 27.5. The first-order valence-corrected chi connectivity index (χ1v) is 5.74. The molecule has 0 saturated carbocycles. The SMILES string of the molecule is CCC1COCCS(=O)(=O)C1. The Bertz CT molecular complexity index is 208. The zero-order valence-electron chi connectivity index (χ0n) is 6.75. The Hall–Kier alpha value is -0.0900. The van der Waals surface area contributed by atoms with Crippen LogP contribution in [0.15, 0.2) is 0 Å². The Morgan fingerprint density at radius 1 is 1.55 bits per heavy atom. The molecule has 11 heavy (non-hydrogen) atoms. The molecule has 0 aromatic carbocycles. The normalized spacial score (nSPS) is 31.2. The summed E-state index contributed by atoms with van der Waals surface area (Å²) >= 11 is 0. The van der Waals surface area contributed by atoms with Gasteiger partial charge < -0.3 is 4.74 Å². The van der Waals surface area contributed by atoms with Gasteiger partial charge in [-0.25, -0.2) is 8.42 Å². The van der Waals surface area contributed by atoms with Crippen molar-refractivity contribution < 1.29 is 13.2 Å². The maximum atomic E-state index is 11.2. The van der Waals surface area contributed by atoms with E-state index in [0.717, 1.165) is 6.42 Å². The summed E-state index contributed by atoms with van der Waals surface area (Å²) in [5, 5.41) is 0. The van der Waals surface area contributed by atoms with Gasteiger partial charge in [0.25, 0.3) is 0 Å². The van der Waals surface area contributed by atoms with Gasteiger partial charge in [-0.2, -0.15) is 0 Å². The number of rotatable bonds is 1. The van der Waals surface area contributed by atoms with Crippen molar-refractivity contribution >= 4 is 9.84 Å². The molecule has 1 rings (SSSR count). The van der Waals surface area contributed by atoms with Gasteiger partial charge >= 0.3 is 0 Å². The molecule has 0 aliphatic carbocycles. The Balaban J connectivity index is 2.61. The van der Waals surface area contributed by atoms with E-state index in [0.29, 0.717) is 19.0 Å². The highest BCUT2D eigenvalue weighted by atomic mass is 32.2. The molecule has 66 valence electrons. The minimum Gasteiger partial charge on any atom is -0.380 e. The molecule has 0 N–H and O–H groups in total. The largest absolute Gasteiger partial charge is 0.380 e. The van der Waals surface area contributed by atoms with Crippen LogP contribution in [0.25, 0.3) is 0 Å². The van der Waals surface area contributed by atoms with Gasteiger partial charge in [0.2, 0.25) is 0 Å². The van der Waals surface area contributed by atoms with E-state index in [9.17, 15) is 8.42 Å². The molecule has 1 aliphatic heterocycles. The van der Waals surface area contributed by atoms with Crippen LogP contribution in [0.2, 0.25) is 0 Å².